The minimum Gasteiger partial charge on any atom is -0.325 e. The maximum atomic E-state index is 12.9. The number of rotatable bonds is 7. The third kappa shape index (κ3) is 4.96. The van der Waals surface area contributed by atoms with Crippen LogP contribution in [0.25, 0.3) is 10.9 Å². The van der Waals surface area contributed by atoms with E-state index in [9.17, 15) is 13.2 Å². The topological polar surface area (TPSA) is 92.3 Å². The lowest BCUT2D eigenvalue weighted by molar-refractivity contribution is -0.115. The number of para-hydroxylation sites is 1. The zero-order chi connectivity index (χ0) is 23.7. The van der Waals surface area contributed by atoms with Crippen molar-refractivity contribution in [1.29, 1.82) is 0 Å². The van der Waals surface area contributed by atoms with E-state index < -0.39 is 10.0 Å². The number of nitrogens with zero attached hydrogens (tertiary/aromatic N) is 3. The van der Waals surface area contributed by atoms with Crippen molar-refractivity contribution in [2.75, 3.05) is 18.4 Å². The quantitative estimate of drug-likeness (QED) is 0.373. The Balaban J connectivity index is 1.28. The lowest BCUT2D eigenvalue weighted by atomic mass is 10.2. The number of nitrogens with one attached hydrogen (secondary N) is 1. The van der Waals surface area contributed by atoms with Crippen LogP contribution in [0.1, 0.15) is 50.8 Å². The number of aromatic nitrogens is 2. The number of anilines is 1. The minimum atomic E-state index is -3.49. The zero-order valence-corrected chi connectivity index (χ0v) is 20.7. The van der Waals surface area contributed by atoms with Gasteiger partial charge in [0.15, 0.2) is 0 Å². The number of hydrogen-bond acceptors (Lipinski definition) is 6. The molecule has 1 atom stereocenters. The van der Waals surface area contributed by atoms with Crippen LogP contribution < -0.4 is 5.32 Å². The molecule has 1 saturated heterocycles. The van der Waals surface area contributed by atoms with Crippen LogP contribution in [0.2, 0.25) is 0 Å². The van der Waals surface area contributed by atoms with Crippen LogP contribution in [0.5, 0.6) is 0 Å². The summed E-state index contributed by atoms with van der Waals surface area (Å²) >= 11 is 1.42. The van der Waals surface area contributed by atoms with E-state index in [-0.39, 0.29) is 16.1 Å². The summed E-state index contributed by atoms with van der Waals surface area (Å²) in [7, 11) is -3.49. The summed E-state index contributed by atoms with van der Waals surface area (Å²) in [5.74, 6) is 1.12. The number of fused-ring (bicyclic) bond motifs is 1. The van der Waals surface area contributed by atoms with E-state index in [1.165, 1.54) is 11.8 Å². The Bertz CT molecular complexity index is 1300. The molecule has 1 aliphatic heterocycles. The van der Waals surface area contributed by atoms with E-state index in [2.05, 4.69) is 5.32 Å². The SMILES string of the molecule is CC(Sc1nc(C2CC2)nc2ccccc12)C(=O)Nc1ccc(S(=O)(=O)N2CCCCC2)cc1. The lowest BCUT2D eigenvalue weighted by Gasteiger charge is -2.25. The normalized spacial score (nSPS) is 18.0. The first-order valence-electron chi connectivity index (χ1n) is 11.8. The van der Waals surface area contributed by atoms with Crippen LogP contribution in [0, 0.1) is 0 Å². The summed E-state index contributed by atoms with van der Waals surface area (Å²) in [5.41, 5.74) is 1.47. The molecule has 34 heavy (non-hydrogen) atoms. The Labute approximate surface area is 204 Å². The van der Waals surface area contributed by atoms with Crippen molar-refractivity contribution in [3.8, 4) is 0 Å². The fraction of sp³-hybridized carbons (Fsp3) is 0.400. The van der Waals surface area contributed by atoms with E-state index >= 15 is 0 Å². The van der Waals surface area contributed by atoms with Crippen LogP contribution in [0.15, 0.2) is 58.5 Å². The Morgan fingerprint density at radius 2 is 1.74 bits per heavy atom. The highest BCUT2D eigenvalue weighted by Crippen LogP contribution is 2.40. The van der Waals surface area contributed by atoms with E-state index in [1.54, 1.807) is 28.6 Å². The van der Waals surface area contributed by atoms with Crippen molar-refractivity contribution < 1.29 is 13.2 Å². The predicted molar refractivity (Wildman–Crippen MR) is 135 cm³/mol. The molecule has 0 radical (unpaired) electrons. The highest BCUT2D eigenvalue weighted by atomic mass is 32.2. The zero-order valence-electron chi connectivity index (χ0n) is 19.1. The Kier molecular flexibility index (Phi) is 6.59. The molecule has 2 aliphatic rings. The number of thioether (sulfide) groups is 1. The van der Waals surface area contributed by atoms with Gasteiger partial charge in [0.05, 0.1) is 15.7 Å². The molecule has 1 N–H and O–H groups in total. The van der Waals surface area contributed by atoms with Gasteiger partial charge in [0.1, 0.15) is 10.9 Å². The monoisotopic (exact) mass is 496 g/mol. The average Bonchev–Trinajstić information content (AvgIpc) is 3.70. The number of hydrogen-bond donors (Lipinski definition) is 1. The highest BCUT2D eigenvalue weighted by Gasteiger charge is 2.29. The van der Waals surface area contributed by atoms with E-state index in [0.717, 1.165) is 53.9 Å². The summed E-state index contributed by atoms with van der Waals surface area (Å²) in [5, 5.41) is 4.29. The number of sulfonamides is 1. The van der Waals surface area contributed by atoms with Gasteiger partial charge in [0.2, 0.25) is 15.9 Å². The lowest BCUT2D eigenvalue weighted by Crippen LogP contribution is -2.35. The molecule has 1 aliphatic carbocycles. The molecule has 5 rings (SSSR count). The van der Waals surface area contributed by atoms with E-state index in [4.69, 9.17) is 9.97 Å². The van der Waals surface area contributed by atoms with Gasteiger partial charge in [-0.25, -0.2) is 18.4 Å². The number of carbonyl (C=O) groups excluding carboxylic acids is 1. The van der Waals surface area contributed by atoms with Crippen LogP contribution in [0.4, 0.5) is 5.69 Å². The van der Waals surface area contributed by atoms with Gasteiger partial charge < -0.3 is 5.32 Å². The van der Waals surface area contributed by atoms with Gasteiger partial charge >= 0.3 is 0 Å². The fourth-order valence-electron chi connectivity index (χ4n) is 4.11. The molecule has 0 bridgehead atoms. The number of benzene rings is 2. The van der Waals surface area contributed by atoms with Gasteiger partial charge in [-0.15, -0.1) is 0 Å². The summed E-state index contributed by atoms with van der Waals surface area (Å²) in [4.78, 5) is 22.6. The Morgan fingerprint density at radius 1 is 1.03 bits per heavy atom. The molecule has 1 amide bonds. The van der Waals surface area contributed by atoms with Gasteiger partial charge in [-0.1, -0.05) is 36.4 Å². The van der Waals surface area contributed by atoms with Crippen molar-refractivity contribution in [2.45, 2.75) is 60.1 Å². The Morgan fingerprint density at radius 3 is 2.44 bits per heavy atom. The molecule has 7 nitrogen and oxygen atoms in total. The first-order valence-corrected chi connectivity index (χ1v) is 14.1. The van der Waals surface area contributed by atoms with Gasteiger partial charge in [0, 0.05) is 30.1 Å². The molecule has 9 heteroatoms. The van der Waals surface area contributed by atoms with Crippen molar-refractivity contribution in [1.82, 2.24) is 14.3 Å². The fourth-order valence-corrected chi connectivity index (χ4v) is 6.57. The third-order valence-electron chi connectivity index (χ3n) is 6.26. The second-order valence-corrected chi connectivity index (χ2v) is 12.2. The van der Waals surface area contributed by atoms with Crippen molar-refractivity contribution in [3.05, 3.63) is 54.4 Å². The van der Waals surface area contributed by atoms with Crippen molar-refractivity contribution in [2.24, 2.45) is 0 Å². The molecular weight excluding hydrogens is 468 g/mol. The molecule has 2 heterocycles. The maximum Gasteiger partial charge on any atom is 0.243 e. The largest absolute Gasteiger partial charge is 0.325 e. The van der Waals surface area contributed by atoms with Crippen molar-refractivity contribution in [3.63, 3.8) is 0 Å². The second-order valence-electron chi connectivity index (χ2n) is 8.92. The summed E-state index contributed by atoms with van der Waals surface area (Å²) in [6.45, 7) is 2.98. The van der Waals surface area contributed by atoms with Crippen LogP contribution >= 0.6 is 11.8 Å². The summed E-state index contributed by atoms with van der Waals surface area (Å²) in [6, 6.07) is 14.3. The van der Waals surface area contributed by atoms with Gasteiger partial charge in [-0.2, -0.15) is 4.31 Å². The van der Waals surface area contributed by atoms with E-state index in [0.29, 0.717) is 24.7 Å². The molecule has 2 fully saturated rings. The third-order valence-corrected chi connectivity index (χ3v) is 9.28. The number of carbonyl (C=O) groups is 1. The van der Waals surface area contributed by atoms with Crippen molar-refractivity contribution >= 4 is 44.3 Å². The molecule has 0 spiro atoms. The Hall–Kier alpha value is -2.49. The first kappa shape index (κ1) is 23.3. The second kappa shape index (κ2) is 9.64. The first-order chi connectivity index (χ1) is 16.4. The van der Waals surface area contributed by atoms with Gasteiger partial charge in [-0.3, -0.25) is 4.79 Å². The van der Waals surface area contributed by atoms with Gasteiger partial charge in [-0.05, 0) is 62.9 Å². The molecule has 178 valence electrons. The van der Waals surface area contributed by atoms with Gasteiger partial charge in [0.25, 0.3) is 0 Å². The molecular formula is C25H28N4O3S2. The van der Waals surface area contributed by atoms with Crippen LogP contribution in [-0.2, 0) is 14.8 Å². The molecule has 3 aromatic rings. The maximum absolute atomic E-state index is 12.9. The average molecular weight is 497 g/mol. The molecule has 1 saturated carbocycles. The smallest absolute Gasteiger partial charge is 0.243 e. The predicted octanol–water partition coefficient (Wildman–Crippen LogP) is 4.80. The van der Waals surface area contributed by atoms with Crippen LogP contribution in [-0.4, -0.2) is 46.9 Å². The standard InChI is InChI=1S/C25H28N4O3S2/c1-17(33-25-21-7-3-4-8-22(21)27-23(28-25)18-9-10-18)24(30)26-19-11-13-20(14-12-19)34(31,32)29-15-5-2-6-16-29/h3-4,7-8,11-14,17-18H,2,5-6,9-10,15-16H2,1H3,(H,26,30). The summed E-state index contributed by atoms with van der Waals surface area (Å²) < 4.78 is 27.2. The minimum absolute atomic E-state index is 0.160. The number of amides is 1. The number of piperidine rings is 1. The van der Waals surface area contributed by atoms with Crippen LogP contribution in [0.3, 0.4) is 0 Å². The van der Waals surface area contributed by atoms with E-state index in [1.807, 2.05) is 31.2 Å². The highest BCUT2D eigenvalue weighted by molar-refractivity contribution is 8.00. The molecule has 1 unspecified atom stereocenters. The molecule has 2 aromatic carbocycles. The molecule has 1 aromatic heterocycles. The summed E-state index contributed by atoms with van der Waals surface area (Å²) in [6.07, 6.45) is 5.09.